The molecule has 3 aromatic rings. The summed E-state index contributed by atoms with van der Waals surface area (Å²) in [6, 6.07) is 1.78. The number of nitrogens with zero attached hydrogens (tertiary/aromatic N) is 6. The third kappa shape index (κ3) is 6.07. The van der Waals surface area contributed by atoms with E-state index in [0.29, 0.717) is 35.9 Å². The van der Waals surface area contributed by atoms with Crippen molar-refractivity contribution in [3.8, 4) is 11.1 Å². The predicted octanol–water partition coefficient (Wildman–Crippen LogP) is 3.29. The van der Waals surface area contributed by atoms with Crippen LogP contribution in [-0.2, 0) is 14.8 Å². The van der Waals surface area contributed by atoms with Crippen LogP contribution in [0.4, 0.5) is 5.95 Å². The summed E-state index contributed by atoms with van der Waals surface area (Å²) >= 11 is 0. The number of nitrogens with one attached hydrogen (secondary N) is 1. The highest BCUT2D eigenvalue weighted by Gasteiger charge is 2.27. The van der Waals surface area contributed by atoms with Crippen molar-refractivity contribution in [2.24, 2.45) is 0 Å². The van der Waals surface area contributed by atoms with Crippen molar-refractivity contribution in [3.63, 3.8) is 0 Å². The van der Waals surface area contributed by atoms with Gasteiger partial charge in [0.05, 0.1) is 30.0 Å². The van der Waals surface area contributed by atoms with Crippen LogP contribution >= 0.6 is 0 Å². The highest BCUT2D eigenvalue weighted by atomic mass is 32.2. The fourth-order valence-electron chi connectivity index (χ4n) is 4.70. The van der Waals surface area contributed by atoms with Gasteiger partial charge >= 0.3 is 0 Å². The summed E-state index contributed by atoms with van der Waals surface area (Å²) in [4.78, 5) is 28.6. The molecule has 1 fully saturated rings. The number of ether oxygens (including phenoxy) is 1. The number of methoxy groups -OCH3 is 1. The van der Waals surface area contributed by atoms with Crippen molar-refractivity contribution in [2.75, 3.05) is 38.5 Å². The fourth-order valence-corrected chi connectivity index (χ4v) is 5.14. The van der Waals surface area contributed by atoms with Crippen LogP contribution in [0.3, 0.4) is 0 Å². The van der Waals surface area contributed by atoms with E-state index in [1.165, 1.54) is 6.42 Å². The lowest BCUT2D eigenvalue weighted by Gasteiger charge is -2.22. The third-order valence-electron chi connectivity index (χ3n) is 6.59. The van der Waals surface area contributed by atoms with Gasteiger partial charge in [0.25, 0.3) is 5.91 Å². The number of hydrogen-bond donors (Lipinski definition) is 1. The normalized spacial score (nSPS) is 14.9. The maximum Gasteiger partial charge on any atom is 0.283 e. The largest absolute Gasteiger partial charge is 0.383 e. The molecule has 4 rings (SSSR count). The molecule has 1 amide bonds. The van der Waals surface area contributed by atoms with Gasteiger partial charge in [-0.25, -0.2) is 32.8 Å². The van der Waals surface area contributed by atoms with Gasteiger partial charge in [0, 0.05) is 44.2 Å². The molecule has 12 heteroatoms. The number of hydrogen-bond acceptors (Lipinski definition) is 9. The van der Waals surface area contributed by atoms with Crippen LogP contribution in [0.15, 0.2) is 18.5 Å². The fraction of sp³-hybridized carbons (Fsp3) is 0.560. The summed E-state index contributed by atoms with van der Waals surface area (Å²) in [5, 5.41) is 5.83. The predicted molar refractivity (Wildman–Crippen MR) is 142 cm³/mol. The van der Waals surface area contributed by atoms with Crippen molar-refractivity contribution in [1.82, 2.24) is 29.5 Å². The molecule has 3 aromatic heterocycles. The summed E-state index contributed by atoms with van der Waals surface area (Å²) in [5.74, 6) is -0.142. The van der Waals surface area contributed by atoms with E-state index in [0.717, 1.165) is 43.0 Å². The Hall–Kier alpha value is -3.12. The van der Waals surface area contributed by atoms with E-state index in [4.69, 9.17) is 9.84 Å². The minimum atomic E-state index is -3.77. The molecule has 0 radical (unpaired) electrons. The quantitative estimate of drug-likeness (QED) is 0.443. The first kappa shape index (κ1) is 26.9. The molecule has 1 N–H and O–H groups in total. The molecule has 37 heavy (non-hydrogen) atoms. The summed E-state index contributed by atoms with van der Waals surface area (Å²) in [6.07, 6.45) is 9.73. The lowest BCUT2D eigenvalue weighted by atomic mass is 9.95. The zero-order valence-electron chi connectivity index (χ0n) is 22.1. The molecule has 0 unspecified atom stereocenters. The van der Waals surface area contributed by atoms with Crippen LogP contribution in [0.25, 0.3) is 22.2 Å². The van der Waals surface area contributed by atoms with Gasteiger partial charge in [0.1, 0.15) is 5.69 Å². The highest BCUT2D eigenvalue weighted by Crippen LogP contribution is 2.38. The monoisotopic (exact) mass is 529 g/mol. The van der Waals surface area contributed by atoms with Crippen molar-refractivity contribution < 1.29 is 17.9 Å². The molecule has 200 valence electrons. The number of fused-ring (bicyclic) bond motifs is 1. The van der Waals surface area contributed by atoms with Gasteiger partial charge in [0.2, 0.25) is 16.0 Å². The van der Waals surface area contributed by atoms with Gasteiger partial charge in [-0.3, -0.25) is 4.79 Å². The van der Waals surface area contributed by atoms with E-state index in [9.17, 15) is 13.2 Å². The van der Waals surface area contributed by atoms with Crippen LogP contribution in [0, 0.1) is 0 Å². The molecule has 3 heterocycles. The first-order valence-corrected chi connectivity index (χ1v) is 14.5. The van der Waals surface area contributed by atoms with Gasteiger partial charge in [-0.1, -0.05) is 33.1 Å². The van der Waals surface area contributed by atoms with Gasteiger partial charge in [-0.2, -0.15) is 5.10 Å². The van der Waals surface area contributed by atoms with Crippen LogP contribution in [0.2, 0.25) is 0 Å². The Morgan fingerprint density at radius 1 is 1.22 bits per heavy atom. The van der Waals surface area contributed by atoms with E-state index in [-0.39, 0.29) is 17.7 Å². The maximum absolute atomic E-state index is 12.9. The first-order chi connectivity index (χ1) is 17.6. The number of rotatable bonds is 9. The van der Waals surface area contributed by atoms with E-state index in [1.807, 2.05) is 21.4 Å². The number of anilines is 1. The Kier molecular flexibility index (Phi) is 8.08. The van der Waals surface area contributed by atoms with Gasteiger partial charge in [0.15, 0.2) is 5.65 Å². The number of aromatic nitrogens is 5. The minimum absolute atomic E-state index is 0.00137. The van der Waals surface area contributed by atoms with Crippen molar-refractivity contribution in [2.45, 2.75) is 57.9 Å². The molecule has 0 saturated heterocycles. The summed E-state index contributed by atoms with van der Waals surface area (Å²) in [5.41, 5.74) is 2.84. The molecule has 0 spiro atoms. The van der Waals surface area contributed by atoms with Gasteiger partial charge in [-0.05, 0) is 24.8 Å². The van der Waals surface area contributed by atoms with Crippen LogP contribution < -0.4 is 9.62 Å². The molecular weight excluding hydrogens is 494 g/mol. The maximum atomic E-state index is 12.9. The van der Waals surface area contributed by atoms with Crippen molar-refractivity contribution >= 4 is 32.9 Å². The lowest BCUT2D eigenvalue weighted by molar-refractivity contribution is 0.0977. The molecule has 0 aromatic carbocycles. The smallest absolute Gasteiger partial charge is 0.283 e. The van der Waals surface area contributed by atoms with E-state index in [2.05, 4.69) is 28.8 Å². The lowest BCUT2D eigenvalue weighted by Crippen LogP contribution is -2.30. The number of sulfonamides is 1. The van der Waals surface area contributed by atoms with Crippen molar-refractivity contribution in [3.05, 3.63) is 29.8 Å². The number of pyridine rings is 1. The van der Waals surface area contributed by atoms with Crippen LogP contribution in [0.1, 0.15) is 74.1 Å². The Bertz CT molecular complexity index is 1360. The molecule has 1 saturated carbocycles. The molecule has 11 nitrogen and oxygen atoms in total. The van der Waals surface area contributed by atoms with Crippen LogP contribution in [0.5, 0.6) is 0 Å². The topological polar surface area (TPSA) is 132 Å². The Morgan fingerprint density at radius 2 is 1.89 bits per heavy atom. The summed E-state index contributed by atoms with van der Waals surface area (Å²) in [6.45, 7) is 5.33. The summed E-state index contributed by atoms with van der Waals surface area (Å²) in [7, 11) is -0.237. The zero-order chi connectivity index (χ0) is 26.7. The van der Waals surface area contributed by atoms with E-state index in [1.54, 1.807) is 25.6 Å². The standard InChI is InChI=1S/C25H35N7O4S/c1-16(2)22-21-19(17-14-26-25(27-15-17)31(3)11-12-36-4)13-20(24(33)30-37(5,34)35)28-23(21)32(29-22)18-9-7-6-8-10-18/h13-16,18H,6-12H2,1-5H3,(H,30,33). The molecular formula is C25H35N7O4S. The Labute approximate surface area is 217 Å². The van der Waals surface area contributed by atoms with Gasteiger partial charge < -0.3 is 9.64 Å². The van der Waals surface area contributed by atoms with E-state index >= 15 is 0 Å². The third-order valence-corrected chi connectivity index (χ3v) is 7.14. The first-order valence-electron chi connectivity index (χ1n) is 12.6. The second kappa shape index (κ2) is 11.1. The van der Waals surface area contributed by atoms with Crippen molar-refractivity contribution in [1.29, 1.82) is 0 Å². The zero-order valence-corrected chi connectivity index (χ0v) is 22.9. The van der Waals surface area contributed by atoms with Gasteiger partial charge in [-0.15, -0.1) is 0 Å². The molecule has 0 bridgehead atoms. The Balaban J connectivity index is 1.90. The molecule has 1 aliphatic carbocycles. The average molecular weight is 530 g/mol. The average Bonchev–Trinajstić information content (AvgIpc) is 3.26. The SMILES string of the molecule is COCCN(C)c1ncc(-c2cc(C(=O)NS(C)(=O)=O)nc3c2c(C(C)C)nn3C2CCCCC2)cn1. The number of likely N-dealkylation sites (N-methyl/N-ethyl adjacent to an activating group) is 1. The van der Waals surface area contributed by atoms with Crippen LogP contribution in [-0.4, -0.2) is 72.6 Å². The number of carbonyl (C=O) groups excluding carboxylic acids is 1. The molecule has 0 atom stereocenters. The van der Waals surface area contributed by atoms with E-state index < -0.39 is 15.9 Å². The molecule has 0 aliphatic heterocycles. The highest BCUT2D eigenvalue weighted by molar-refractivity contribution is 7.89. The number of carbonyl (C=O) groups is 1. The minimum Gasteiger partial charge on any atom is -0.383 e. The second-order valence-electron chi connectivity index (χ2n) is 9.92. The second-order valence-corrected chi connectivity index (χ2v) is 11.7. The number of amides is 1. The Morgan fingerprint density at radius 3 is 2.49 bits per heavy atom. The molecule has 1 aliphatic rings. The summed E-state index contributed by atoms with van der Waals surface area (Å²) < 4.78 is 32.7.